The molecular formula is C16H26FN4+. The summed E-state index contributed by atoms with van der Waals surface area (Å²) < 4.78 is 14.1. The molecule has 2 unspecified atom stereocenters. The summed E-state index contributed by atoms with van der Waals surface area (Å²) in [7, 11) is 2.37. The van der Waals surface area contributed by atoms with Crippen LogP contribution in [0.3, 0.4) is 0 Å². The Balaban J connectivity index is 1.55. The molecule has 116 valence electrons. The SMILES string of the molecule is CC[N+]1(C)CCC(N2CCN(c3ccc(F)cn3)CC2)C1. The highest BCUT2D eigenvalue weighted by Gasteiger charge is 2.37. The molecule has 0 radical (unpaired) electrons. The van der Waals surface area contributed by atoms with E-state index in [0.717, 1.165) is 38.0 Å². The van der Waals surface area contributed by atoms with E-state index < -0.39 is 0 Å². The van der Waals surface area contributed by atoms with Gasteiger partial charge in [0.1, 0.15) is 11.6 Å². The molecule has 21 heavy (non-hydrogen) atoms. The molecule has 2 fully saturated rings. The van der Waals surface area contributed by atoms with Gasteiger partial charge >= 0.3 is 0 Å². The molecule has 0 saturated carbocycles. The highest BCUT2D eigenvalue weighted by atomic mass is 19.1. The number of piperazine rings is 1. The predicted octanol–water partition coefficient (Wildman–Crippen LogP) is 1.58. The minimum absolute atomic E-state index is 0.264. The van der Waals surface area contributed by atoms with Crippen LogP contribution in [0, 0.1) is 5.82 Å². The van der Waals surface area contributed by atoms with Gasteiger partial charge in [0.05, 0.1) is 38.9 Å². The van der Waals surface area contributed by atoms with Gasteiger partial charge in [-0.1, -0.05) is 0 Å². The van der Waals surface area contributed by atoms with Crippen LogP contribution in [-0.4, -0.2) is 73.3 Å². The van der Waals surface area contributed by atoms with Crippen LogP contribution in [0.25, 0.3) is 0 Å². The van der Waals surface area contributed by atoms with Crippen molar-refractivity contribution in [1.82, 2.24) is 9.88 Å². The third kappa shape index (κ3) is 3.19. The molecule has 4 nitrogen and oxygen atoms in total. The Bertz CT molecular complexity index is 470. The van der Waals surface area contributed by atoms with E-state index in [2.05, 4.69) is 28.8 Å². The number of hydrogen-bond donors (Lipinski definition) is 0. The van der Waals surface area contributed by atoms with Gasteiger partial charge in [-0.25, -0.2) is 9.37 Å². The van der Waals surface area contributed by atoms with Crippen LogP contribution < -0.4 is 4.90 Å². The lowest BCUT2D eigenvalue weighted by molar-refractivity contribution is -0.896. The number of halogens is 1. The molecule has 1 aromatic rings. The summed E-state index contributed by atoms with van der Waals surface area (Å²) in [4.78, 5) is 9.09. The maximum atomic E-state index is 12.9. The average molecular weight is 293 g/mol. The average Bonchev–Trinajstić information content (AvgIpc) is 2.92. The molecule has 0 spiro atoms. The van der Waals surface area contributed by atoms with Gasteiger partial charge in [-0.05, 0) is 19.1 Å². The molecule has 5 heteroatoms. The predicted molar refractivity (Wildman–Crippen MR) is 82.8 cm³/mol. The molecular weight excluding hydrogens is 267 g/mol. The highest BCUT2D eigenvalue weighted by Crippen LogP contribution is 2.23. The fourth-order valence-corrected chi connectivity index (χ4v) is 3.61. The van der Waals surface area contributed by atoms with Crippen molar-refractivity contribution < 1.29 is 8.87 Å². The fourth-order valence-electron chi connectivity index (χ4n) is 3.61. The third-order valence-corrected chi connectivity index (χ3v) is 5.28. The summed E-state index contributed by atoms with van der Waals surface area (Å²) in [5.74, 6) is 0.636. The van der Waals surface area contributed by atoms with Crippen molar-refractivity contribution in [1.29, 1.82) is 0 Å². The molecule has 2 aliphatic rings. The Labute approximate surface area is 126 Å². The van der Waals surface area contributed by atoms with Gasteiger partial charge in [-0.2, -0.15) is 0 Å². The first-order valence-electron chi connectivity index (χ1n) is 8.04. The lowest BCUT2D eigenvalue weighted by atomic mass is 10.2. The fraction of sp³-hybridized carbons (Fsp3) is 0.688. The number of pyridine rings is 1. The highest BCUT2D eigenvalue weighted by molar-refractivity contribution is 5.38. The van der Waals surface area contributed by atoms with E-state index in [4.69, 9.17) is 0 Å². The lowest BCUT2D eigenvalue weighted by Gasteiger charge is -2.38. The minimum Gasteiger partial charge on any atom is -0.354 e. The second-order valence-electron chi connectivity index (χ2n) is 6.64. The summed E-state index contributed by atoms with van der Waals surface area (Å²) >= 11 is 0. The minimum atomic E-state index is -0.264. The maximum absolute atomic E-state index is 12.9. The summed E-state index contributed by atoms with van der Waals surface area (Å²) in [5, 5.41) is 0. The molecule has 2 saturated heterocycles. The number of likely N-dealkylation sites (N-methyl/N-ethyl adjacent to an activating group) is 1. The summed E-state index contributed by atoms with van der Waals surface area (Å²) in [6.07, 6.45) is 2.63. The normalized spacial score (nSPS) is 30.8. The quantitative estimate of drug-likeness (QED) is 0.789. The second-order valence-corrected chi connectivity index (χ2v) is 6.64. The van der Waals surface area contributed by atoms with Gasteiger partial charge in [0.15, 0.2) is 0 Å². The van der Waals surface area contributed by atoms with E-state index in [1.807, 2.05) is 0 Å². The summed E-state index contributed by atoms with van der Waals surface area (Å²) in [5.41, 5.74) is 0. The van der Waals surface area contributed by atoms with Crippen LogP contribution in [-0.2, 0) is 0 Å². The molecule has 2 atom stereocenters. The van der Waals surface area contributed by atoms with Crippen molar-refractivity contribution in [3.63, 3.8) is 0 Å². The molecule has 3 heterocycles. The molecule has 0 N–H and O–H groups in total. The van der Waals surface area contributed by atoms with Crippen molar-refractivity contribution in [3.8, 4) is 0 Å². The number of quaternary nitrogens is 1. The van der Waals surface area contributed by atoms with Crippen molar-refractivity contribution in [3.05, 3.63) is 24.1 Å². The number of nitrogens with zero attached hydrogens (tertiary/aromatic N) is 4. The van der Waals surface area contributed by atoms with E-state index in [9.17, 15) is 4.39 Å². The zero-order valence-corrected chi connectivity index (χ0v) is 13.1. The molecule has 0 aliphatic carbocycles. The van der Waals surface area contributed by atoms with Crippen molar-refractivity contribution >= 4 is 5.82 Å². The largest absolute Gasteiger partial charge is 0.354 e. The molecule has 0 amide bonds. The second kappa shape index (κ2) is 5.89. The van der Waals surface area contributed by atoms with E-state index in [0.29, 0.717) is 0 Å². The first-order chi connectivity index (χ1) is 10.1. The van der Waals surface area contributed by atoms with Gasteiger partial charge < -0.3 is 9.38 Å². The zero-order valence-electron chi connectivity index (χ0n) is 13.1. The van der Waals surface area contributed by atoms with E-state index in [-0.39, 0.29) is 5.82 Å². The topological polar surface area (TPSA) is 19.4 Å². The number of aromatic nitrogens is 1. The Morgan fingerprint density at radius 3 is 2.62 bits per heavy atom. The molecule has 1 aromatic heterocycles. The van der Waals surface area contributed by atoms with Crippen molar-refractivity contribution in [2.45, 2.75) is 19.4 Å². The maximum Gasteiger partial charge on any atom is 0.141 e. The molecule has 2 aliphatic heterocycles. The zero-order chi connectivity index (χ0) is 14.9. The first kappa shape index (κ1) is 14.7. The number of likely N-dealkylation sites (tertiary alicyclic amines) is 1. The van der Waals surface area contributed by atoms with Gasteiger partial charge in [0.2, 0.25) is 0 Å². The molecule has 0 aromatic carbocycles. The molecule has 3 rings (SSSR count). The first-order valence-corrected chi connectivity index (χ1v) is 8.04. The smallest absolute Gasteiger partial charge is 0.141 e. The van der Waals surface area contributed by atoms with E-state index in [1.54, 1.807) is 6.07 Å². The third-order valence-electron chi connectivity index (χ3n) is 5.28. The van der Waals surface area contributed by atoms with Crippen LogP contribution >= 0.6 is 0 Å². The summed E-state index contributed by atoms with van der Waals surface area (Å²) in [6, 6.07) is 4.01. The van der Waals surface area contributed by atoms with Crippen LogP contribution in [0.1, 0.15) is 13.3 Å². The number of rotatable bonds is 3. The van der Waals surface area contributed by atoms with Crippen LogP contribution in [0.5, 0.6) is 0 Å². The molecule has 0 bridgehead atoms. The van der Waals surface area contributed by atoms with Crippen molar-refractivity contribution in [2.24, 2.45) is 0 Å². The Morgan fingerprint density at radius 1 is 1.29 bits per heavy atom. The Hall–Kier alpha value is -1.20. The number of anilines is 1. The summed E-state index contributed by atoms with van der Waals surface area (Å²) in [6.45, 7) is 10.3. The van der Waals surface area contributed by atoms with Crippen LogP contribution in [0.4, 0.5) is 10.2 Å². The van der Waals surface area contributed by atoms with Gasteiger partial charge in [-0.15, -0.1) is 0 Å². The van der Waals surface area contributed by atoms with Gasteiger partial charge in [0.25, 0.3) is 0 Å². The van der Waals surface area contributed by atoms with Crippen LogP contribution in [0.15, 0.2) is 18.3 Å². The lowest BCUT2D eigenvalue weighted by Crippen LogP contribution is -2.52. The van der Waals surface area contributed by atoms with Gasteiger partial charge in [0, 0.05) is 32.6 Å². The van der Waals surface area contributed by atoms with Gasteiger partial charge in [-0.3, -0.25) is 4.90 Å². The Morgan fingerprint density at radius 2 is 2.05 bits per heavy atom. The standard InChI is InChI=1S/C16H26FN4/c1-3-21(2)11-6-15(13-21)19-7-9-20(10-8-19)16-5-4-14(17)12-18-16/h4-5,12,15H,3,6-11,13H2,1-2H3/q+1. The van der Waals surface area contributed by atoms with Crippen molar-refractivity contribution in [2.75, 3.05) is 57.8 Å². The monoisotopic (exact) mass is 293 g/mol. The van der Waals surface area contributed by atoms with E-state index in [1.165, 1.54) is 42.8 Å². The Kier molecular flexibility index (Phi) is 4.13. The van der Waals surface area contributed by atoms with Crippen LogP contribution in [0.2, 0.25) is 0 Å². The van der Waals surface area contributed by atoms with E-state index >= 15 is 0 Å². The number of hydrogen-bond acceptors (Lipinski definition) is 3.